The fourth-order valence-electron chi connectivity index (χ4n) is 11.8. The summed E-state index contributed by atoms with van der Waals surface area (Å²) < 4.78 is 29.4. The van der Waals surface area contributed by atoms with Crippen molar-refractivity contribution in [1.29, 1.82) is 0 Å². The number of allylic oxidation sites excluding steroid dienone is 2. The molecule has 9 rings (SSSR count). The van der Waals surface area contributed by atoms with E-state index in [-0.39, 0.29) is 36.1 Å². The van der Waals surface area contributed by atoms with Crippen molar-refractivity contribution in [1.82, 2.24) is 0 Å². The van der Waals surface area contributed by atoms with Crippen LogP contribution in [0.5, 0.6) is 0 Å². The van der Waals surface area contributed by atoms with Gasteiger partial charge in [-0.1, -0.05) is 6.08 Å². The van der Waals surface area contributed by atoms with Gasteiger partial charge in [0.1, 0.15) is 0 Å². The molecule has 14 atom stereocenters. The molecule has 0 aromatic heterocycles. The quantitative estimate of drug-likeness (QED) is 0.732. The van der Waals surface area contributed by atoms with Crippen LogP contribution < -0.4 is 0 Å². The predicted molar refractivity (Wildman–Crippen MR) is 93.4 cm³/mol. The van der Waals surface area contributed by atoms with E-state index < -0.39 is 21.1 Å². The Morgan fingerprint density at radius 2 is 1.85 bits per heavy atom. The van der Waals surface area contributed by atoms with E-state index >= 15 is 0 Å². The van der Waals surface area contributed by atoms with Crippen LogP contribution in [0.2, 0.25) is 0 Å². The fourth-order valence-corrected chi connectivity index (χ4v) is 12.2. The maximum Gasteiger partial charge on any atom is 0.264 e. The van der Waals surface area contributed by atoms with Crippen molar-refractivity contribution < 1.29 is 22.5 Å². The number of hydrogen-bond donors (Lipinski definition) is 1. The van der Waals surface area contributed by atoms with Crippen LogP contribution in [0, 0.1) is 76.4 Å². The summed E-state index contributed by atoms with van der Waals surface area (Å²) in [5.41, 5.74) is -1.34. The van der Waals surface area contributed by atoms with Gasteiger partial charge in [-0.05, 0) is 84.0 Å². The molecule has 1 N–H and O–H groups in total. The highest BCUT2D eigenvalue weighted by molar-refractivity contribution is 7.85. The zero-order chi connectivity index (χ0) is 18.2. The SMILES string of the molecule is CS(=O)(=O)OC[C@@]12[C@@H]3[C@H]4C(=O)C=C[C@H]4[C@@H]4[C@@H]3[C@@H]3[C@@H]5[C@@H]6[C@@H](CC[C@H]6[C@@]1(O)[C@@H]54)[C@@H]32. The summed E-state index contributed by atoms with van der Waals surface area (Å²) in [6.45, 7) is 0.0941. The largest absolute Gasteiger partial charge is 0.389 e. The van der Waals surface area contributed by atoms with Crippen LogP contribution in [0.1, 0.15) is 12.8 Å². The average molecular weight is 388 g/mol. The van der Waals surface area contributed by atoms with Gasteiger partial charge in [0, 0.05) is 11.3 Å². The summed E-state index contributed by atoms with van der Waals surface area (Å²) in [6, 6.07) is 0. The second-order valence-electron chi connectivity index (χ2n) is 11.0. The molecule has 0 unspecified atom stereocenters. The Labute approximate surface area is 158 Å². The Bertz CT molecular complexity index is 971. The van der Waals surface area contributed by atoms with Crippen molar-refractivity contribution in [2.24, 2.45) is 76.4 Å². The van der Waals surface area contributed by atoms with Crippen molar-refractivity contribution >= 4 is 15.9 Å². The minimum Gasteiger partial charge on any atom is -0.389 e. The summed E-state index contributed by atoms with van der Waals surface area (Å²) in [6.07, 6.45) is 7.26. The van der Waals surface area contributed by atoms with E-state index in [1.807, 2.05) is 0 Å². The summed E-state index contributed by atoms with van der Waals surface area (Å²) in [5, 5.41) is 12.5. The van der Waals surface area contributed by atoms with Crippen molar-refractivity contribution in [2.75, 3.05) is 12.9 Å². The Balaban J connectivity index is 1.42. The van der Waals surface area contributed by atoms with E-state index in [1.165, 1.54) is 6.42 Å². The molecule has 9 aliphatic rings. The number of hydrogen-bond acceptors (Lipinski definition) is 5. The van der Waals surface area contributed by atoms with Crippen LogP contribution in [0.3, 0.4) is 0 Å². The van der Waals surface area contributed by atoms with Gasteiger partial charge in [0.15, 0.2) is 5.78 Å². The summed E-state index contributed by atoms with van der Waals surface area (Å²) >= 11 is 0. The monoisotopic (exact) mass is 388 g/mol. The van der Waals surface area contributed by atoms with Gasteiger partial charge in [-0.2, -0.15) is 8.42 Å². The van der Waals surface area contributed by atoms with Gasteiger partial charge in [0.25, 0.3) is 10.1 Å². The van der Waals surface area contributed by atoms with Gasteiger partial charge in [-0.25, -0.2) is 0 Å². The average Bonchev–Trinajstić information content (AvgIpc) is 3.34. The Hall–Kier alpha value is -0.720. The molecular formula is C21H24O5S. The molecule has 0 spiro atoms. The zero-order valence-electron chi connectivity index (χ0n) is 15.2. The van der Waals surface area contributed by atoms with Gasteiger partial charge in [0.2, 0.25) is 0 Å². The number of rotatable bonds is 3. The lowest BCUT2D eigenvalue weighted by atomic mass is 9.47. The summed E-state index contributed by atoms with van der Waals surface area (Å²) in [4.78, 5) is 12.9. The Kier molecular flexibility index (Phi) is 2.16. The van der Waals surface area contributed by atoms with E-state index in [2.05, 4.69) is 6.08 Å². The summed E-state index contributed by atoms with van der Waals surface area (Å²) in [7, 11) is -3.59. The molecule has 8 saturated carbocycles. The molecule has 6 heteroatoms. The Morgan fingerprint density at radius 3 is 2.63 bits per heavy atom. The number of carbonyl (C=O) groups is 1. The lowest BCUT2D eigenvalue weighted by Gasteiger charge is -2.60. The van der Waals surface area contributed by atoms with Crippen molar-refractivity contribution in [3.05, 3.63) is 12.2 Å². The molecule has 5 nitrogen and oxygen atoms in total. The molecule has 144 valence electrons. The second-order valence-corrected chi connectivity index (χ2v) is 12.7. The molecule has 8 fully saturated rings. The highest BCUT2D eigenvalue weighted by Crippen LogP contribution is 2.95. The lowest BCUT2D eigenvalue weighted by Crippen LogP contribution is -2.67. The minimum atomic E-state index is -3.59. The van der Waals surface area contributed by atoms with E-state index in [1.54, 1.807) is 6.08 Å². The van der Waals surface area contributed by atoms with Crippen LogP contribution >= 0.6 is 0 Å². The molecule has 0 aromatic carbocycles. The lowest BCUT2D eigenvalue weighted by molar-refractivity contribution is -0.236. The molecular weight excluding hydrogens is 364 g/mol. The summed E-state index contributed by atoms with van der Waals surface area (Å²) in [5.74, 6) is 4.90. The molecule has 0 amide bonds. The van der Waals surface area contributed by atoms with E-state index in [4.69, 9.17) is 4.18 Å². The molecule has 27 heavy (non-hydrogen) atoms. The van der Waals surface area contributed by atoms with Crippen molar-refractivity contribution in [3.63, 3.8) is 0 Å². The smallest absolute Gasteiger partial charge is 0.264 e. The first-order valence-corrected chi connectivity index (χ1v) is 12.4. The Morgan fingerprint density at radius 1 is 1.11 bits per heavy atom. The highest BCUT2D eigenvalue weighted by atomic mass is 32.2. The number of carbonyl (C=O) groups excluding carboxylic acids is 1. The van der Waals surface area contributed by atoms with Crippen LogP contribution in [0.25, 0.3) is 0 Å². The van der Waals surface area contributed by atoms with E-state index in [9.17, 15) is 18.3 Å². The maximum absolute atomic E-state index is 12.9. The van der Waals surface area contributed by atoms with Gasteiger partial charge in [0.05, 0.1) is 18.5 Å². The molecule has 9 bridgehead atoms. The molecule has 0 heterocycles. The highest BCUT2D eigenvalue weighted by Gasteiger charge is 2.96. The fraction of sp³-hybridized carbons (Fsp3) is 0.857. The third-order valence-electron chi connectivity index (χ3n) is 11.2. The molecule has 0 aromatic rings. The first kappa shape index (κ1) is 15.2. The topological polar surface area (TPSA) is 80.7 Å². The van der Waals surface area contributed by atoms with Gasteiger partial charge >= 0.3 is 0 Å². The first-order chi connectivity index (χ1) is 12.8. The zero-order valence-corrected chi connectivity index (χ0v) is 16.0. The van der Waals surface area contributed by atoms with Crippen LogP contribution in [-0.2, 0) is 19.1 Å². The molecule has 0 radical (unpaired) electrons. The first-order valence-electron chi connectivity index (χ1n) is 10.6. The van der Waals surface area contributed by atoms with Crippen molar-refractivity contribution in [3.8, 4) is 0 Å². The van der Waals surface area contributed by atoms with Gasteiger partial charge in [-0.15, -0.1) is 0 Å². The predicted octanol–water partition coefficient (Wildman–Crippen LogP) is 1.09. The van der Waals surface area contributed by atoms with Crippen LogP contribution in [-0.4, -0.2) is 37.8 Å². The van der Waals surface area contributed by atoms with Gasteiger partial charge in [-0.3, -0.25) is 8.98 Å². The number of aliphatic hydroxyl groups is 1. The van der Waals surface area contributed by atoms with E-state index in [0.717, 1.165) is 12.7 Å². The molecule has 0 saturated heterocycles. The maximum atomic E-state index is 12.9. The third-order valence-corrected chi connectivity index (χ3v) is 11.8. The third kappa shape index (κ3) is 1.15. The van der Waals surface area contributed by atoms with E-state index in [0.29, 0.717) is 47.3 Å². The minimum absolute atomic E-state index is 0.0396. The normalized spacial score (nSPS) is 69.6. The van der Waals surface area contributed by atoms with Gasteiger partial charge < -0.3 is 5.11 Å². The number of fused-ring (bicyclic) bond motifs is 1. The van der Waals surface area contributed by atoms with Crippen LogP contribution in [0.15, 0.2) is 12.2 Å². The molecule has 9 aliphatic carbocycles. The standard InChI is InChI=1S/C21H24O5S/c1-27(24,25)26-6-20-17-8-2-4-9-11(8)14-16(17)15-13(19(14)21(9,20)23)7-3-5-10(22)12(7)18(15)20/h3,5,7-9,11-19,23H,2,4,6H2,1H3/t7-,8-,9-,11-,12-,13-,14+,15-,16+,17+,18-,19-,20-,21-/m1/s1. The number of ketones is 1. The molecule has 0 aliphatic heterocycles. The van der Waals surface area contributed by atoms with Crippen molar-refractivity contribution in [2.45, 2.75) is 18.4 Å². The van der Waals surface area contributed by atoms with Crippen LogP contribution in [0.4, 0.5) is 0 Å². The second kappa shape index (κ2) is 3.84.